The summed E-state index contributed by atoms with van der Waals surface area (Å²) in [6.07, 6.45) is 2.13. The Balaban J connectivity index is 0.00000144. The van der Waals surface area contributed by atoms with Crippen LogP contribution < -0.4 is 11.9 Å². The van der Waals surface area contributed by atoms with Gasteiger partial charge in [-0.2, -0.15) is 0 Å². The van der Waals surface area contributed by atoms with E-state index >= 15 is 0 Å². The fourth-order valence-corrected chi connectivity index (χ4v) is 1.68. The van der Waals surface area contributed by atoms with E-state index < -0.39 is 0 Å². The van der Waals surface area contributed by atoms with Gasteiger partial charge in [0.1, 0.15) is 0 Å². The first-order valence-corrected chi connectivity index (χ1v) is 4.57. The van der Waals surface area contributed by atoms with Crippen molar-refractivity contribution in [3.05, 3.63) is 28.8 Å². The van der Waals surface area contributed by atoms with Gasteiger partial charge in [-0.05, 0) is 42.5 Å². The van der Waals surface area contributed by atoms with Gasteiger partial charge in [0.15, 0.2) is 0 Å². The molecule has 0 bridgehead atoms. The van der Waals surface area contributed by atoms with Gasteiger partial charge in [-0.3, -0.25) is 0 Å². The number of nitrogen functional groups attached to an aromatic ring is 1. The highest BCUT2D eigenvalue weighted by atomic mass is 14.6. The Labute approximate surface area is 80.7 Å². The molecule has 0 atom stereocenters. The number of nitrogens with two attached hydrogens (primary N) is 1. The zero-order valence-electron chi connectivity index (χ0n) is 8.85. The lowest BCUT2D eigenvalue weighted by atomic mass is 9.97. The summed E-state index contributed by atoms with van der Waals surface area (Å²) in [5.41, 5.74) is 10.9. The van der Waals surface area contributed by atoms with Crippen LogP contribution in [0.25, 0.3) is 0 Å². The van der Waals surface area contributed by atoms with Crippen molar-refractivity contribution in [2.45, 2.75) is 33.6 Å². The van der Waals surface area contributed by atoms with E-state index in [0.717, 1.165) is 18.5 Å². The quantitative estimate of drug-likeness (QED) is 0.687. The first-order valence-electron chi connectivity index (χ1n) is 4.57. The largest absolute Gasteiger partial charge is 0.398 e. The lowest BCUT2D eigenvalue weighted by molar-refractivity contribution is 1.05. The van der Waals surface area contributed by atoms with Crippen LogP contribution in [0.4, 0.5) is 5.69 Å². The van der Waals surface area contributed by atoms with Crippen LogP contribution in [0, 0.1) is 6.92 Å². The molecule has 2 nitrogen and oxygen atoms in total. The summed E-state index contributed by atoms with van der Waals surface area (Å²) >= 11 is 0. The second kappa shape index (κ2) is 4.87. The minimum absolute atomic E-state index is 0. The fraction of sp³-hybridized carbons (Fsp3) is 0.455. The van der Waals surface area contributed by atoms with E-state index in [9.17, 15) is 0 Å². The van der Waals surface area contributed by atoms with Crippen molar-refractivity contribution in [2.75, 3.05) is 5.73 Å². The van der Waals surface area contributed by atoms with Crippen molar-refractivity contribution < 1.29 is 0 Å². The maximum absolute atomic E-state index is 5.86. The van der Waals surface area contributed by atoms with Crippen LogP contribution in [-0.4, -0.2) is 0 Å². The highest BCUT2D eigenvalue weighted by Gasteiger charge is 2.03. The molecule has 1 rings (SSSR count). The molecule has 0 spiro atoms. The second-order valence-corrected chi connectivity index (χ2v) is 3.12. The maximum atomic E-state index is 5.86. The molecule has 0 saturated carbocycles. The van der Waals surface area contributed by atoms with E-state index in [0.29, 0.717) is 0 Å². The molecule has 0 aliphatic carbocycles. The fourth-order valence-electron chi connectivity index (χ4n) is 1.68. The highest BCUT2D eigenvalue weighted by Crippen LogP contribution is 2.21. The van der Waals surface area contributed by atoms with E-state index in [-0.39, 0.29) is 6.15 Å². The molecule has 0 aliphatic rings. The number of hydrogen-bond acceptors (Lipinski definition) is 2. The van der Waals surface area contributed by atoms with Crippen molar-refractivity contribution >= 4 is 5.69 Å². The van der Waals surface area contributed by atoms with Gasteiger partial charge in [-0.15, -0.1) is 0 Å². The Kier molecular flexibility index (Phi) is 4.49. The van der Waals surface area contributed by atoms with Crippen molar-refractivity contribution in [1.29, 1.82) is 0 Å². The zero-order valence-corrected chi connectivity index (χ0v) is 8.85. The van der Waals surface area contributed by atoms with Gasteiger partial charge in [0.2, 0.25) is 0 Å². The van der Waals surface area contributed by atoms with Gasteiger partial charge in [-0.1, -0.05) is 19.9 Å². The number of hydrogen-bond donors (Lipinski definition) is 2. The molecule has 5 N–H and O–H groups in total. The molecule has 0 aliphatic heterocycles. The molecule has 0 amide bonds. The van der Waals surface area contributed by atoms with Gasteiger partial charge in [0, 0.05) is 5.69 Å². The van der Waals surface area contributed by atoms with Crippen LogP contribution in [0.2, 0.25) is 0 Å². The van der Waals surface area contributed by atoms with Crippen LogP contribution >= 0.6 is 0 Å². The minimum atomic E-state index is 0. The van der Waals surface area contributed by atoms with Crippen molar-refractivity contribution in [2.24, 2.45) is 0 Å². The van der Waals surface area contributed by atoms with E-state index in [2.05, 4.69) is 26.8 Å². The summed E-state index contributed by atoms with van der Waals surface area (Å²) in [5.74, 6) is 0. The first kappa shape index (κ1) is 12.0. The van der Waals surface area contributed by atoms with Gasteiger partial charge in [0.25, 0.3) is 0 Å². The molecular weight excluding hydrogens is 160 g/mol. The Morgan fingerprint density at radius 1 is 1.15 bits per heavy atom. The predicted molar refractivity (Wildman–Crippen MR) is 59.4 cm³/mol. The monoisotopic (exact) mass is 180 g/mol. The van der Waals surface area contributed by atoms with Crippen molar-refractivity contribution in [3.8, 4) is 0 Å². The van der Waals surface area contributed by atoms with E-state index in [4.69, 9.17) is 5.73 Å². The third-order valence-electron chi connectivity index (χ3n) is 2.48. The number of aryl methyl sites for hydroxylation is 1. The van der Waals surface area contributed by atoms with Crippen LogP contribution in [-0.2, 0) is 12.8 Å². The van der Waals surface area contributed by atoms with Gasteiger partial charge in [0.05, 0.1) is 0 Å². The second-order valence-electron chi connectivity index (χ2n) is 3.12. The molecule has 13 heavy (non-hydrogen) atoms. The Morgan fingerprint density at radius 3 is 2.23 bits per heavy atom. The van der Waals surface area contributed by atoms with Crippen LogP contribution in [0.5, 0.6) is 0 Å². The van der Waals surface area contributed by atoms with Crippen LogP contribution in [0.3, 0.4) is 0 Å². The molecule has 0 heterocycles. The molecule has 1 aromatic carbocycles. The van der Waals surface area contributed by atoms with Gasteiger partial charge >= 0.3 is 0 Å². The highest BCUT2D eigenvalue weighted by molar-refractivity contribution is 5.53. The Hall–Kier alpha value is -1.02. The van der Waals surface area contributed by atoms with Crippen molar-refractivity contribution in [1.82, 2.24) is 6.15 Å². The number of rotatable bonds is 2. The molecule has 2 heteroatoms. The summed E-state index contributed by atoms with van der Waals surface area (Å²) in [6.45, 7) is 6.49. The lowest BCUT2D eigenvalue weighted by Crippen LogP contribution is -1.99. The van der Waals surface area contributed by atoms with Crippen LogP contribution in [0.15, 0.2) is 12.1 Å². The third kappa shape index (κ3) is 2.22. The Morgan fingerprint density at radius 2 is 1.77 bits per heavy atom. The van der Waals surface area contributed by atoms with E-state index in [1.54, 1.807) is 0 Å². The molecule has 0 saturated heterocycles. The molecule has 1 aromatic rings. The molecule has 0 unspecified atom stereocenters. The Bertz CT molecular complexity index is 280. The van der Waals surface area contributed by atoms with E-state index in [1.165, 1.54) is 16.7 Å². The average Bonchev–Trinajstić information content (AvgIpc) is 2.06. The molecule has 74 valence electrons. The summed E-state index contributed by atoms with van der Waals surface area (Å²) in [5, 5.41) is 0. The molecule has 0 radical (unpaired) electrons. The average molecular weight is 180 g/mol. The standard InChI is InChI=1S/C11H17N.H3N/c1-4-9-6-7-11(12)10(5-2)8(9)3;/h6-7H,4-5,12H2,1-3H3;1H3. The minimum Gasteiger partial charge on any atom is -0.398 e. The third-order valence-corrected chi connectivity index (χ3v) is 2.48. The zero-order chi connectivity index (χ0) is 9.14. The summed E-state index contributed by atoms with van der Waals surface area (Å²) in [6, 6.07) is 4.15. The number of benzene rings is 1. The SMILES string of the molecule is CCc1ccc(N)c(CC)c1C.N. The van der Waals surface area contributed by atoms with Gasteiger partial charge < -0.3 is 11.9 Å². The van der Waals surface area contributed by atoms with Gasteiger partial charge in [-0.25, -0.2) is 0 Å². The normalized spacial score (nSPS) is 9.46. The molecular formula is C11H20N2. The van der Waals surface area contributed by atoms with Crippen molar-refractivity contribution in [3.63, 3.8) is 0 Å². The smallest absolute Gasteiger partial charge is 0.0349 e. The lowest BCUT2D eigenvalue weighted by Gasteiger charge is -2.10. The summed E-state index contributed by atoms with van der Waals surface area (Å²) < 4.78 is 0. The summed E-state index contributed by atoms with van der Waals surface area (Å²) in [7, 11) is 0. The maximum Gasteiger partial charge on any atom is 0.0349 e. The topological polar surface area (TPSA) is 61.0 Å². The van der Waals surface area contributed by atoms with E-state index in [1.807, 2.05) is 6.07 Å². The molecule has 0 fully saturated rings. The first-order chi connectivity index (χ1) is 5.70. The number of anilines is 1. The summed E-state index contributed by atoms with van der Waals surface area (Å²) in [4.78, 5) is 0. The molecule has 0 aromatic heterocycles. The van der Waals surface area contributed by atoms with Crippen LogP contribution in [0.1, 0.15) is 30.5 Å². The predicted octanol–water partition coefficient (Wildman–Crippen LogP) is 2.86.